The number of fused-ring (bicyclic) bond motifs is 1. The van der Waals surface area contributed by atoms with Crippen molar-refractivity contribution in [1.29, 1.82) is 0 Å². The van der Waals surface area contributed by atoms with Gasteiger partial charge in [0.25, 0.3) is 0 Å². The number of benzene rings is 2. The van der Waals surface area contributed by atoms with E-state index in [1.165, 1.54) is 10.3 Å². The number of amides is 1. The molecule has 1 saturated heterocycles. The largest absolute Gasteiger partial charge is 0.491 e. The van der Waals surface area contributed by atoms with Gasteiger partial charge in [0.1, 0.15) is 25.0 Å². The number of quaternary nitrogens is 1. The molecule has 0 radical (unpaired) electrons. The number of likely N-dealkylation sites (tertiary alicyclic amines) is 1. The molecule has 0 unspecified atom stereocenters. The van der Waals surface area contributed by atoms with E-state index in [1.54, 1.807) is 0 Å². The zero-order valence-corrected chi connectivity index (χ0v) is 13.8. The number of carbonyl (C=O) groups excluding carboxylic acids is 1. The monoisotopic (exact) mass is 329 g/mol. The summed E-state index contributed by atoms with van der Waals surface area (Å²) < 4.78 is 5.74. The molecule has 1 aliphatic heterocycles. The van der Waals surface area contributed by atoms with Crippen molar-refractivity contribution in [2.45, 2.75) is 18.9 Å². The van der Waals surface area contributed by atoms with Crippen LogP contribution in [0.3, 0.4) is 0 Å². The van der Waals surface area contributed by atoms with Crippen LogP contribution in [-0.4, -0.2) is 43.4 Å². The molecule has 3 rings (SSSR count). The third-order valence-electron chi connectivity index (χ3n) is 4.78. The summed E-state index contributed by atoms with van der Waals surface area (Å²) in [6.45, 7) is 2.67. The number of hydrogen-bond donors (Lipinski definition) is 3. The quantitative estimate of drug-likeness (QED) is 0.716. The predicted molar refractivity (Wildman–Crippen MR) is 92.9 cm³/mol. The molecule has 1 aliphatic rings. The highest BCUT2D eigenvalue weighted by Crippen LogP contribution is 2.20. The molecule has 1 amide bonds. The maximum Gasteiger partial charge on any atom is 0.220 e. The van der Waals surface area contributed by atoms with Crippen LogP contribution in [0.25, 0.3) is 10.8 Å². The van der Waals surface area contributed by atoms with E-state index in [1.807, 2.05) is 36.4 Å². The summed E-state index contributed by atoms with van der Waals surface area (Å²) in [7, 11) is 0. The highest BCUT2D eigenvalue weighted by molar-refractivity contribution is 5.83. The Labute approximate surface area is 142 Å². The van der Waals surface area contributed by atoms with Gasteiger partial charge >= 0.3 is 0 Å². The van der Waals surface area contributed by atoms with Crippen LogP contribution in [0.4, 0.5) is 0 Å². The molecule has 0 spiro atoms. The molecule has 1 heterocycles. The van der Waals surface area contributed by atoms with Gasteiger partial charge in [-0.15, -0.1) is 0 Å². The maximum absolute atomic E-state index is 11.2. The van der Waals surface area contributed by atoms with Crippen LogP contribution in [0, 0.1) is 5.92 Å². The Hall–Kier alpha value is -2.11. The van der Waals surface area contributed by atoms with Gasteiger partial charge in [-0.25, -0.2) is 0 Å². The number of ether oxygens (including phenoxy) is 1. The van der Waals surface area contributed by atoms with E-state index in [-0.39, 0.29) is 18.4 Å². The van der Waals surface area contributed by atoms with Crippen LogP contribution in [-0.2, 0) is 4.79 Å². The standard InChI is InChI=1S/C19H24N2O3/c20-19(23)15-7-9-21(10-8-15)12-17(22)13-24-18-6-5-14-3-1-2-4-16(14)11-18/h1-6,11,15,17,22H,7-10,12-13H2,(H2,20,23)/p+1/t17-/m0/s1. The van der Waals surface area contributed by atoms with Gasteiger partial charge in [-0.3, -0.25) is 4.79 Å². The second kappa shape index (κ2) is 7.64. The number of piperidine rings is 1. The van der Waals surface area contributed by atoms with Crippen LogP contribution >= 0.6 is 0 Å². The molecule has 5 heteroatoms. The van der Waals surface area contributed by atoms with Crippen molar-refractivity contribution in [3.63, 3.8) is 0 Å². The molecular weight excluding hydrogens is 304 g/mol. The molecule has 1 fully saturated rings. The third kappa shape index (κ3) is 4.24. The summed E-state index contributed by atoms with van der Waals surface area (Å²) in [6, 6.07) is 14.1. The summed E-state index contributed by atoms with van der Waals surface area (Å²) in [5.41, 5.74) is 5.35. The Balaban J connectivity index is 1.46. The van der Waals surface area contributed by atoms with E-state index < -0.39 is 6.10 Å². The molecule has 24 heavy (non-hydrogen) atoms. The molecule has 5 nitrogen and oxygen atoms in total. The summed E-state index contributed by atoms with van der Waals surface area (Å²) in [5.74, 6) is 0.573. The minimum atomic E-state index is -0.517. The number of carbonyl (C=O) groups is 1. The van der Waals surface area contributed by atoms with Gasteiger partial charge < -0.3 is 20.5 Å². The summed E-state index contributed by atoms with van der Waals surface area (Å²) in [5, 5.41) is 12.5. The summed E-state index contributed by atoms with van der Waals surface area (Å²) in [4.78, 5) is 12.5. The number of primary amides is 1. The zero-order valence-electron chi connectivity index (χ0n) is 13.8. The van der Waals surface area contributed by atoms with Gasteiger partial charge in [0.15, 0.2) is 0 Å². The predicted octanol–water partition coefficient (Wildman–Crippen LogP) is 0.360. The van der Waals surface area contributed by atoms with Crippen molar-refractivity contribution in [1.82, 2.24) is 0 Å². The Morgan fingerprint density at radius 1 is 1.21 bits per heavy atom. The first-order chi connectivity index (χ1) is 11.6. The topological polar surface area (TPSA) is 77.0 Å². The number of rotatable bonds is 6. The van der Waals surface area contributed by atoms with Crippen molar-refractivity contribution in [3.05, 3.63) is 42.5 Å². The van der Waals surface area contributed by atoms with E-state index in [2.05, 4.69) is 6.07 Å². The Kier molecular flexibility index (Phi) is 5.33. The van der Waals surface area contributed by atoms with Gasteiger partial charge in [-0.05, 0) is 22.9 Å². The third-order valence-corrected chi connectivity index (χ3v) is 4.78. The Morgan fingerprint density at radius 2 is 1.92 bits per heavy atom. The van der Waals surface area contributed by atoms with Crippen molar-refractivity contribution in [2.24, 2.45) is 11.7 Å². The van der Waals surface area contributed by atoms with E-state index in [9.17, 15) is 9.90 Å². The molecule has 128 valence electrons. The van der Waals surface area contributed by atoms with Crippen LogP contribution in [0.5, 0.6) is 5.75 Å². The Bertz CT molecular complexity index is 696. The van der Waals surface area contributed by atoms with Crippen LogP contribution in [0.1, 0.15) is 12.8 Å². The number of aliphatic hydroxyl groups is 1. The lowest BCUT2D eigenvalue weighted by atomic mass is 9.96. The lowest BCUT2D eigenvalue weighted by Gasteiger charge is -2.29. The van der Waals surface area contributed by atoms with Gasteiger partial charge in [0.05, 0.1) is 13.1 Å². The van der Waals surface area contributed by atoms with Crippen molar-refractivity contribution in [2.75, 3.05) is 26.2 Å². The van der Waals surface area contributed by atoms with Gasteiger partial charge in [0, 0.05) is 18.8 Å². The molecule has 2 aromatic carbocycles. The molecular formula is C19H25N2O3+. The fourth-order valence-corrected chi connectivity index (χ4v) is 3.36. The maximum atomic E-state index is 11.2. The average Bonchev–Trinajstić information content (AvgIpc) is 2.60. The van der Waals surface area contributed by atoms with E-state index in [4.69, 9.17) is 10.5 Å². The van der Waals surface area contributed by atoms with Gasteiger partial charge in [-0.2, -0.15) is 0 Å². The molecule has 1 atom stereocenters. The first-order valence-electron chi connectivity index (χ1n) is 8.54. The highest BCUT2D eigenvalue weighted by Gasteiger charge is 2.27. The van der Waals surface area contributed by atoms with Gasteiger partial charge in [0.2, 0.25) is 5.91 Å². The molecule has 2 aromatic rings. The lowest BCUT2D eigenvalue weighted by molar-refractivity contribution is -0.908. The second-order valence-electron chi connectivity index (χ2n) is 6.60. The van der Waals surface area contributed by atoms with E-state index in [0.717, 1.165) is 37.1 Å². The minimum absolute atomic E-state index is 0.000238. The summed E-state index contributed by atoms with van der Waals surface area (Å²) >= 11 is 0. The minimum Gasteiger partial charge on any atom is -0.491 e. The normalized spacial score (nSPS) is 22.2. The Morgan fingerprint density at radius 3 is 2.62 bits per heavy atom. The number of nitrogens with two attached hydrogens (primary N) is 1. The SMILES string of the molecule is NC(=O)C1CC[NH+](C[C@H](O)COc2ccc3ccccc3c2)CC1. The van der Waals surface area contributed by atoms with Crippen LogP contribution in [0.15, 0.2) is 42.5 Å². The van der Waals surface area contributed by atoms with E-state index in [0.29, 0.717) is 6.54 Å². The molecule has 0 bridgehead atoms. The first kappa shape index (κ1) is 16.7. The van der Waals surface area contributed by atoms with Crippen molar-refractivity contribution >= 4 is 16.7 Å². The van der Waals surface area contributed by atoms with Crippen LogP contribution < -0.4 is 15.4 Å². The smallest absolute Gasteiger partial charge is 0.220 e. The van der Waals surface area contributed by atoms with Crippen molar-refractivity contribution in [3.8, 4) is 5.75 Å². The summed E-state index contributed by atoms with van der Waals surface area (Å²) in [6.07, 6.45) is 1.10. The van der Waals surface area contributed by atoms with Gasteiger partial charge in [-0.1, -0.05) is 30.3 Å². The number of nitrogens with one attached hydrogen (secondary N) is 1. The molecule has 4 N–H and O–H groups in total. The fraction of sp³-hybridized carbons (Fsp3) is 0.421. The zero-order chi connectivity index (χ0) is 16.9. The highest BCUT2D eigenvalue weighted by atomic mass is 16.5. The second-order valence-corrected chi connectivity index (χ2v) is 6.60. The lowest BCUT2D eigenvalue weighted by Crippen LogP contribution is -3.14. The fourth-order valence-electron chi connectivity index (χ4n) is 3.36. The van der Waals surface area contributed by atoms with E-state index >= 15 is 0 Å². The number of aliphatic hydroxyl groups excluding tert-OH is 1. The molecule has 0 aliphatic carbocycles. The molecule has 0 aromatic heterocycles. The average molecular weight is 329 g/mol. The van der Waals surface area contributed by atoms with Crippen LogP contribution in [0.2, 0.25) is 0 Å². The van der Waals surface area contributed by atoms with Crippen molar-refractivity contribution < 1.29 is 19.5 Å². The number of hydrogen-bond acceptors (Lipinski definition) is 3. The first-order valence-corrected chi connectivity index (χ1v) is 8.54. The molecule has 0 saturated carbocycles.